The third kappa shape index (κ3) is 4.99. The average molecular weight is 374 g/mol. The van der Waals surface area contributed by atoms with Crippen LogP contribution in [0.4, 0.5) is 0 Å². The summed E-state index contributed by atoms with van der Waals surface area (Å²) in [5.74, 6) is 0.720. The van der Waals surface area contributed by atoms with E-state index in [1.54, 1.807) is 7.11 Å². The summed E-state index contributed by atoms with van der Waals surface area (Å²) in [6, 6.07) is 27.6. The molecule has 0 radical (unpaired) electrons. The molecule has 0 aliphatic heterocycles. The summed E-state index contributed by atoms with van der Waals surface area (Å²) < 4.78 is 5.35. The van der Waals surface area contributed by atoms with Crippen molar-refractivity contribution in [3.8, 4) is 5.75 Å². The number of ether oxygens (including phenoxy) is 1. The molecule has 28 heavy (non-hydrogen) atoms. The second kappa shape index (κ2) is 9.72. The summed E-state index contributed by atoms with van der Waals surface area (Å²) >= 11 is 0. The fourth-order valence-corrected chi connectivity index (χ4v) is 3.19. The second-order valence-corrected chi connectivity index (χ2v) is 6.67. The molecule has 0 spiro atoms. The quantitative estimate of drug-likeness (QED) is 0.625. The lowest BCUT2D eigenvalue weighted by molar-refractivity contribution is -0.123. The van der Waals surface area contributed by atoms with E-state index in [2.05, 4.69) is 34.9 Å². The van der Waals surface area contributed by atoms with Gasteiger partial charge >= 0.3 is 0 Å². The molecule has 0 saturated heterocycles. The van der Waals surface area contributed by atoms with Crippen LogP contribution in [0.25, 0.3) is 0 Å². The molecule has 2 N–H and O–H groups in total. The van der Waals surface area contributed by atoms with Gasteiger partial charge in [0.05, 0.1) is 19.2 Å². The Kier molecular flexibility index (Phi) is 6.82. The highest BCUT2D eigenvalue weighted by Crippen LogP contribution is 2.22. The Labute approximate surface area is 166 Å². The summed E-state index contributed by atoms with van der Waals surface area (Å²) in [6.07, 6.45) is 0. The topological polar surface area (TPSA) is 50.4 Å². The molecule has 0 aromatic heterocycles. The van der Waals surface area contributed by atoms with E-state index in [4.69, 9.17) is 4.74 Å². The van der Waals surface area contributed by atoms with Crippen LogP contribution in [0.2, 0.25) is 0 Å². The van der Waals surface area contributed by atoms with Gasteiger partial charge in [0.1, 0.15) is 5.75 Å². The standard InChI is InChI=1S/C24H26N2O2/c1-18(24(27)25-17-21-15-9-10-16-22(21)28-2)26-23(19-11-5-3-6-12-19)20-13-7-4-8-14-20/h3-16,18,23,26H,17H2,1-2H3,(H,25,27)/t18-/m0/s1. The first-order valence-corrected chi connectivity index (χ1v) is 9.44. The molecule has 0 heterocycles. The molecule has 4 heteroatoms. The zero-order valence-corrected chi connectivity index (χ0v) is 16.3. The van der Waals surface area contributed by atoms with Crippen LogP contribution in [0, 0.1) is 0 Å². The van der Waals surface area contributed by atoms with Gasteiger partial charge in [0.15, 0.2) is 0 Å². The van der Waals surface area contributed by atoms with Crippen LogP contribution in [0.5, 0.6) is 5.75 Å². The minimum Gasteiger partial charge on any atom is -0.496 e. The summed E-state index contributed by atoms with van der Waals surface area (Å²) in [5, 5.41) is 6.47. The van der Waals surface area contributed by atoms with Gasteiger partial charge in [-0.1, -0.05) is 78.9 Å². The Hall–Kier alpha value is -3.11. The lowest BCUT2D eigenvalue weighted by atomic mass is 9.98. The van der Waals surface area contributed by atoms with Crippen LogP contribution in [-0.2, 0) is 11.3 Å². The molecule has 3 aromatic carbocycles. The highest BCUT2D eigenvalue weighted by atomic mass is 16.5. The zero-order chi connectivity index (χ0) is 19.8. The van der Waals surface area contributed by atoms with E-state index < -0.39 is 0 Å². The van der Waals surface area contributed by atoms with E-state index in [0.717, 1.165) is 22.4 Å². The van der Waals surface area contributed by atoms with Crippen molar-refractivity contribution in [3.05, 3.63) is 102 Å². The predicted molar refractivity (Wildman–Crippen MR) is 112 cm³/mol. The molecular weight excluding hydrogens is 348 g/mol. The van der Waals surface area contributed by atoms with Crippen molar-refractivity contribution in [1.29, 1.82) is 0 Å². The Bertz CT molecular complexity index is 842. The van der Waals surface area contributed by atoms with E-state index in [9.17, 15) is 4.79 Å². The van der Waals surface area contributed by atoms with Crippen molar-refractivity contribution >= 4 is 5.91 Å². The third-order valence-electron chi connectivity index (χ3n) is 4.72. The van der Waals surface area contributed by atoms with Crippen LogP contribution in [0.15, 0.2) is 84.9 Å². The molecule has 0 fully saturated rings. The second-order valence-electron chi connectivity index (χ2n) is 6.67. The molecule has 1 atom stereocenters. The highest BCUT2D eigenvalue weighted by Gasteiger charge is 2.20. The van der Waals surface area contributed by atoms with Crippen LogP contribution >= 0.6 is 0 Å². The van der Waals surface area contributed by atoms with Gasteiger partial charge < -0.3 is 10.1 Å². The normalized spacial score (nSPS) is 11.8. The number of hydrogen-bond donors (Lipinski definition) is 2. The Balaban J connectivity index is 1.69. The maximum atomic E-state index is 12.7. The monoisotopic (exact) mass is 374 g/mol. The highest BCUT2D eigenvalue weighted by molar-refractivity contribution is 5.81. The van der Waals surface area contributed by atoms with Gasteiger partial charge in [-0.25, -0.2) is 0 Å². The van der Waals surface area contributed by atoms with E-state index in [0.29, 0.717) is 6.54 Å². The molecular formula is C24H26N2O2. The number of amides is 1. The van der Waals surface area contributed by atoms with Gasteiger partial charge in [-0.05, 0) is 24.1 Å². The van der Waals surface area contributed by atoms with Crippen LogP contribution < -0.4 is 15.4 Å². The molecule has 144 valence electrons. The SMILES string of the molecule is COc1ccccc1CNC(=O)[C@H](C)NC(c1ccccc1)c1ccccc1. The number of benzene rings is 3. The van der Waals surface area contributed by atoms with Gasteiger partial charge in [0, 0.05) is 12.1 Å². The lowest BCUT2D eigenvalue weighted by Crippen LogP contribution is -2.43. The number of carbonyl (C=O) groups excluding carboxylic acids is 1. The van der Waals surface area contributed by atoms with Crippen LogP contribution in [0.3, 0.4) is 0 Å². The van der Waals surface area contributed by atoms with Crippen molar-refractivity contribution in [1.82, 2.24) is 10.6 Å². The average Bonchev–Trinajstić information content (AvgIpc) is 2.77. The zero-order valence-electron chi connectivity index (χ0n) is 16.3. The molecule has 0 saturated carbocycles. The number of para-hydroxylation sites is 1. The van der Waals surface area contributed by atoms with Crippen molar-refractivity contribution in [2.75, 3.05) is 7.11 Å². The molecule has 4 nitrogen and oxygen atoms in total. The lowest BCUT2D eigenvalue weighted by Gasteiger charge is -2.24. The first kappa shape index (κ1) is 19.6. The minimum absolute atomic E-state index is 0.0530. The maximum Gasteiger partial charge on any atom is 0.237 e. The van der Waals surface area contributed by atoms with Crippen molar-refractivity contribution in [2.24, 2.45) is 0 Å². The minimum atomic E-state index is -0.361. The number of hydrogen-bond acceptors (Lipinski definition) is 3. The number of carbonyl (C=O) groups is 1. The molecule has 1 amide bonds. The van der Waals surface area contributed by atoms with Gasteiger partial charge in [-0.15, -0.1) is 0 Å². The third-order valence-corrected chi connectivity index (χ3v) is 4.72. The van der Waals surface area contributed by atoms with Crippen molar-refractivity contribution in [2.45, 2.75) is 25.6 Å². The first-order valence-electron chi connectivity index (χ1n) is 9.44. The van der Waals surface area contributed by atoms with Crippen LogP contribution in [-0.4, -0.2) is 19.1 Å². The summed E-state index contributed by atoms with van der Waals surface area (Å²) in [4.78, 5) is 12.7. The molecule has 3 aromatic rings. The Morgan fingerprint density at radius 1 is 0.857 bits per heavy atom. The molecule has 0 unspecified atom stereocenters. The molecule has 0 aliphatic rings. The Morgan fingerprint density at radius 3 is 1.96 bits per heavy atom. The fraction of sp³-hybridized carbons (Fsp3) is 0.208. The van der Waals surface area contributed by atoms with Gasteiger partial charge in [0.2, 0.25) is 5.91 Å². The van der Waals surface area contributed by atoms with E-state index in [-0.39, 0.29) is 18.0 Å². The van der Waals surface area contributed by atoms with E-state index in [1.807, 2.05) is 67.6 Å². The first-order chi connectivity index (χ1) is 13.7. The number of nitrogens with one attached hydrogen (secondary N) is 2. The smallest absolute Gasteiger partial charge is 0.237 e. The largest absolute Gasteiger partial charge is 0.496 e. The molecule has 3 rings (SSSR count). The number of rotatable bonds is 8. The van der Waals surface area contributed by atoms with E-state index >= 15 is 0 Å². The summed E-state index contributed by atoms with van der Waals surface area (Å²) in [6.45, 7) is 2.31. The fourth-order valence-electron chi connectivity index (χ4n) is 3.19. The van der Waals surface area contributed by atoms with Gasteiger partial charge in [-0.3, -0.25) is 10.1 Å². The molecule has 0 aliphatic carbocycles. The van der Waals surface area contributed by atoms with Crippen molar-refractivity contribution in [3.63, 3.8) is 0 Å². The summed E-state index contributed by atoms with van der Waals surface area (Å²) in [7, 11) is 1.63. The van der Waals surface area contributed by atoms with Gasteiger partial charge in [0.25, 0.3) is 0 Å². The predicted octanol–water partition coefficient (Wildman–Crippen LogP) is 4.08. The van der Waals surface area contributed by atoms with Crippen molar-refractivity contribution < 1.29 is 9.53 Å². The van der Waals surface area contributed by atoms with Gasteiger partial charge in [-0.2, -0.15) is 0 Å². The maximum absolute atomic E-state index is 12.7. The van der Waals surface area contributed by atoms with Crippen LogP contribution in [0.1, 0.15) is 29.7 Å². The van der Waals surface area contributed by atoms with E-state index in [1.165, 1.54) is 0 Å². The molecule has 0 bridgehead atoms. The Morgan fingerprint density at radius 2 is 1.39 bits per heavy atom. The number of methoxy groups -OCH3 is 1. The summed E-state index contributed by atoms with van der Waals surface area (Å²) in [5.41, 5.74) is 3.20.